The van der Waals surface area contributed by atoms with Crippen LogP contribution in [-0.2, 0) is 26.1 Å². The van der Waals surface area contributed by atoms with Gasteiger partial charge in [0.05, 0.1) is 11.5 Å². The highest BCUT2D eigenvalue weighted by molar-refractivity contribution is 7.89. The van der Waals surface area contributed by atoms with Crippen LogP contribution in [0.2, 0.25) is 0 Å². The van der Waals surface area contributed by atoms with Gasteiger partial charge in [0.1, 0.15) is 0 Å². The largest absolute Gasteiger partial charge is 0.312 e. The number of benzene rings is 1. The van der Waals surface area contributed by atoms with Crippen molar-refractivity contribution in [2.24, 2.45) is 0 Å². The van der Waals surface area contributed by atoms with Crippen molar-refractivity contribution < 1.29 is 18.0 Å². The highest BCUT2D eigenvalue weighted by atomic mass is 32.2. The first-order chi connectivity index (χ1) is 10.00. The van der Waals surface area contributed by atoms with E-state index in [0.29, 0.717) is 26.1 Å². The molecule has 2 aliphatic rings. The molecule has 0 atom stereocenters. The van der Waals surface area contributed by atoms with Gasteiger partial charge in [0.25, 0.3) is 10.0 Å². The summed E-state index contributed by atoms with van der Waals surface area (Å²) in [5.41, 5.74) is 1.70. The number of hydrogen-bond donors (Lipinski definition) is 0. The van der Waals surface area contributed by atoms with Crippen molar-refractivity contribution in [2.75, 3.05) is 24.6 Å². The van der Waals surface area contributed by atoms with Crippen LogP contribution in [0.4, 0.5) is 5.69 Å². The zero-order chi connectivity index (χ0) is 15.0. The molecule has 1 saturated heterocycles. The van der Waals surface area contributed by atoms with E-state index in [1.54, 1.807) is 23.1 Å². The number of nitrogens with zero attached hydrogens (tertiary/aromatic N) is 2. The van der Waals surface area contributed by atoms with E-state index in [9.17, 15) is 13.2 Å². The van der Waals surface area contributed by atoms with E-state index in [-0.39, 0.29) is 10.8 Å². The number of sulfonamides is 1. The molecule has 0 spiro atoms. The van der Waals surface area contributed by atoms with Gasteiger partial charge >= 0.3 is 0 Å². The molecule has 114 valence electrons. The molecule has 0 bridgehead atoms. The SMILES string of the molecule is CC(=O)N1CCc2cc(S(=O)(=O)N3CCCCO3)ccc21. The fourth-order valence-corrected chi connectivity index (χ4v) is 4.10. The number of hydrogen-bond acceptors (Lipinski definition) is 4. The van der Waals surface area contributed by atoms with Crippen LogP contribution in [-0.4, -0.2) is 38.5 Å². The predicted octanol–water partition coefficient (Wildman–Crippen LogP) is 1.31. The molecule has 6 nitrogen and oxygen atoms in total. The summed E-state index contributed by atoms with van der Waals surface area (Å²) in [6.07, 6.45) is 2.37. The molecule has 0 aromatic heterocycles. The minimum Gasteiger partial charge on any atom is -0.312 e. The molecule has 0 unspecified atom stereocenters. The number of anilines is 1. The summed E-state index contributed by atoms with van der Waals surface area (Å²) in [5.74, 6) is -0.0243. The van der Waals surface area contributed by atoms with E-state index >= 15 is 0 Å². The van der Waals surface area contributed by atoms with Crippen LogP contribution in [0.25, 0.3) is 0 Å². The van der Waals surface area contributed by atoms with Crippen molar-refractivity contribution in [2.45, 2.75) is 31.1 Å². The second-order valence-electron chi connectivity index (χ2n) is 5.28. The van der Waals surface area contributed by atoms with Crippen LogP contribution >= 0.6 is 0 Å². The third-order valence-corrected chi connectivity index (χ3v) is 5.54. The van der Waals surface area contributed by atoms with Gasteiger partial charge in [0.15, 0.2) is 0 Å². The summed E-state index contributed by atoms with van der Waals surface area (Å²) in [7, 11) is -3.61. The van der Waals surface area contributed by atoms with Crippen LogP contribution < -0.4 is 4.90 Å². The summed E-state index contributed by atoms with van der Waals surface area (Å²) in [5, 5.41) is 0. The van der Waals surface area contributed by atoms with E-state index in [1.807, 2.05) is 0 Å². The topological polar surface area (TPSA) is 66.9 Å². The number of hydroxylamine groups is 1. The molecular formula is C14H18N2O4S. The molecule has 0 aliphatic carbocycles. The molecular weight excluding hydrogens is 292 g/mol. The summed E-state index contributed by atoms with van der Waals surface area (Å²) in [6.45, 7) is 2.94. The zero-order valence-electron chi connectivity index (χ0n) is 11.9. The Morgan fingerprint density at radius 2 is 2.05 bits per heavy atom. The smallest absolute Gasteiger partial charge is 0.265 e. The van der Waals surface area contributed by atoms with Crippen LogP contribution in [0.3, 0.4) is 0 Å². The number of carbonyl (C=O) groups is 1. The van der Waals surface area contributed by atoms with E-state index in [4.69, 9.17) is 4.84 Å². The average Bonchev–Trinajstić information content (AvgIpc) is 2.91. The highest BCUT2D eigenvalue weighted by Gasteiger charge is 2.30. The molecule has 1 fully saturated rings. The molecule has 0 radical (unpaired) electrons. The molecule has 2 heterocycles. The normalized spacial score (nSPS) is 19.6. The summed E-state index contributed by atoms with van der Waals surface area (Å²) in [6, 6.07) is 4.92. The predicted molar refractivity (Wildman–Crippen MR) is 77.3 cm³/mol. The van der Waals surface area contributed by atoms with Gasteiger partial charge in [-0.15, -0.1) is 0 Å². The standard InChI is InChI=1S/C14H18N2O4S/c1-11(17)15-8-6-12-10-13(4-5-14(12)15)21(18,19)16-7-2-3-9-20-16/h4-5,10H,2-3,6-9H2,1H3. The molecule has 1 amide bonds. The van der Waals surface area contributed by atoms with Gasteiger partial charge in [-0.05, 0) is 43.0 Å². The third-order valence-electron chi connectivity index (χ3n) is 3.86. The van der Waals surface area contributed by atoms with Crippen molar-refractivity contribution in [1.82, 2.24) is 4.47 Å². The number of fused-ring (bicyclic) bond motifs is 1. The maximum absolute atomic E-state index is 12.5. The van der Waals surface area contributed by atoms with Crippen LogP contribution in [0.1, 0.15) is 25.3 Å². The van der Waals surface area contributed by atoms with Crippen molar-refractivity contribution in [1.29, 1.82) is 0 Å². The highest BCUT2D eigenvalue weighted by Crippen LogP contribution is 2.31. The van der Waals surface area contributed by atoms with Gasteiger partial charge in [-0.1, -0.05) is 4.47 Å². The molecule has 2 aliphatic heterocycles. The van der Waals surface area contributed by atoms with Crippen molar-refractivity contribution >= 4 is 21.6 Å². The van der Waals surface area contributed by atoms with Gasteiger partial charge in [0.2, 0.25) is 5.91 Å². The van der Waals surface area contributed by atoms with E-state index < -0.39 is 10.0 Å². The number of amides is 1. The third kappa shape index (κ3) is 2.56. The fourth-order valence-electron chi connectivity index (χ4n) is 2.75. The van der Waals surface area contributed by atoms with Gasteiger partial charge in [0, 0.05) is 25.7 Å². The van der Waals surface area contributed by atoms with Gasteiger partial charge in [-0.3, -0.25) is 9.63 Å². The Bertz CT molecular complexity index is 666. The first-order valence-electron chi connectivity index (χ1n) is 7.07. The van der Waals surface area contributed by atoms with Gasteiger partial charge in [-0.25, -0.2) is 8.42 Å². The maximum Gasteiger partial charge on any atom is 0.265 e. The average molecular weight is 310 g/mol. The van der Waals surface area contributed by atoms with E-state index in [1.165, 1.54) is 6.92 Å². The summed E-state index contributed by atoms with van der Waals surface area (Å²) >= 11 is 0. The van der Waals surface area contributed by atoms with Gasteiger partial charge in [-0.2, -0.15) is 0 Å². The Hall–Kier alpha value is -1.44. The van der Waals surface area contributed by atoms with Crippen LogP contribution in [0.15, 0.2) is 23.1 Å². The van der Waals surface area contributed by atoms with Crippen molar-refractivity contribution in [3.8, 4) is 0 Å². The first kappa shape index (κ1) is 14.5. The summed E-state index contributed by atoms with van der Waals surface area (Å²) in [4.78, 5) is 18.7. The lowest BCUT2D eigenvalue weighted by atomic mass is 10.2. The van der Waals surface area contributed by atoms with Crippen molar-refractivity contribution in [3.63, 3.8) is 0 Å². The molecule has 0 saturated carbocycles. The molecule has 1 aromatic rings. The molecule has 1 aromatic carbocycles. The van der Waals surface area contributed by atoms with Crippen LogP contribution in [0.5, 0.6) is 0 Å². The lowest BCUT2D eigenvalue weighted by Crippen LogP contribution is -2.35. The molecule has 3 rings (SSSR count). The Morgan fingerprint density at radius 3 is 2.71 bits per heavy atom. The molecule has 21 heavy (non-hydrogen) atoms. The lowest BCUT2D eigenvalue weighted by Gasteiger charge is -2.25. The first-order valence-corrected chi connectivity index (χ1v) is 8.51. The monoisotopic (exact) mass is 310 g/mol. The van der Waals surface area contributed by atoms with Crippen molar-refractivity contribution in [3.05, 3.63) is 23.8 Å². The Balaban J connectivity index is 1.92. The Labute approximate surface area is 124 Å². The molecule has 7 heteroatoms. The van der Waals surface area contributed by atoms with E-state index in [2.05, 4.69) is 0 Å². The zero-order valence-corrected chi connectivity index (χ0v) is 12.7. The fraction of sp³-hybridized carbons (Fsp3) is 0.500. The second-order valence-corrected chi connectivity index (χ2v) is 7.11. The maximum atomic E-state index is 12.5. The number of rotatable bonds is 2. The molecule has 0 N–H and O–H groups in total. The van der Waals surface area contributed by atoms with E-state index in [0.717, 1.165) is 28.6 Å². The second kappa shape index (κ2) is 5.40. The summed E-state index contributed by atoms with van der Waals surface area (Å²) < 4.78 is 26.1. The lowest BCUT2D eigenvalue weighted by molar-refractivity contribution is -0.116. The number of carbonyl (C=O) groups excluding carboxylic acids is 1. The Kier molecular flexibility index (Phi) is 3.73. The minimum atomic E-state index is -3.61. The van der Waals surface area contributed by atoms with Gasteiger partial charge < -0.3 is 4.90 Å². The Morgan fingerprint density at radius 1 is 1.24 bits per heavy atom. The minimum absolute atomic E-state index is 0.0243. The quantitative estimate of drug-likeness (QED) is 0.826. The van der Waals surface area contributed by atoms with Crippen LogP contribution in [0, 0.1) is 0 Å².